The van der Waals surface area contributed by atoms with Crippen LogP contribution in [0.25, 0.3) is 0 Å². The Kier molecular flexibility index (Phi) is 5.12. The van der Waals surface area contributed by atoms with Gasteiger partial charge >= 0.3 is 0 Å². The summed E-state index contributed by atoms with van der Waals surface area (Å²) in [6.07, 6.45) is 2.50. The van der Waals surface area contributed by atoms with E-state index in [0.717, 1.165) is 31.5 Å². The standard InChI is InChI=1S/C15H21N3O2/c16-14(12-6-2-1-3-7-12)15(20)17-9-8-13(19)18-10-4-5-11-18/h1-3,6-7,14H,4-5,8-11,16H2,(H,17,20)/t14-/m0/s1. The Morgan fingerprint density at radius 2 is 1.85 bits per heavy atom. The van der Waals surface area contributed by atoms with Crippen molar-refractivity contribution in [1.29, 1.82) is 0 Å². The molecule has 0 bridgehead atoms. The molecule has 20 heavy (non-hydrogen) atoms. The largest absolute Gasteiger partial charge is 0.354 e. The Balaban J connectivity index is 1.73. The van der Waals surface area contributed by atoms with E-state index in [1.807, 2.05) is 35.2 Å². The number of nitrogens with one attached hydrogen (secondary N) is 1. The third-order valence-electron chi connectivity index (χ3n) is 3.54. The van der Waals surface area contributed by atoms with Crippen LogP contribution in [0.2, 0.25) is 0 Å². The van der Waals surface area contributed by atoms with E-state index in [-0.39, 0.29) is 11.8 Å². The summed E-state index contributed by atoms with van der Waals surface area (Å²) in [5, 5.41) is 2.72. The Hall–Kier alpha value is -1.88. The molecule has 1 fully saturated rings. The third-order valence-corrected chi connectivity index (χ3v) is 3.54. The highest BCUT2D eigenvalue weighted by Crippen LogP contribution is 2.10. The second-order valence-corrected chi connectivity index (χ2v) is 5.02. The number of amides is 2. The molecular formula is C15H21N3O2. The van der Waals surface area contributed by atoms with E-state index in [1.54, 1.807) is 0 Å². The second kappa shape index (κ2) is 7.05. The van der Waals surface area contributed by atoms with Crippen LogP contribution in [0, 0.1) is 0 Å². The number of nitrogens with zero attached hydrogens (tertiary/aromatic N) is 1. The Morgan fingerprint density at radius 3 is 2.50 bits per heavy atom. The first-order valence-corrected chi connectivity index (χ1v) is 7.04. The fraction of sp³-hybridized carbons (Fsp3) is 0.467. The molecule has 108 valence electrons. The molecule has 0 radical (unpaired) electrons. The van der Waals surface area contributed by atoms with Gasteiger partial charge in [-0.1, -0.05) is 30.3 Å². The molecule has 0 aromatic heterocycles. The lowest BCUT2D eigenvalue weighted by Crippen LogP contribution is -2.37. The van der Waals surface area contributed by atoms with Gasteiger partial charge in [-0.15, -0.1) is 0 Å². The predicted octanol–water partition coefficient (Wildman–Crippen LogP) is 0.815. The zero-order valence-electron chi connectivity index (χ0n) is 11.5. The lowest BCUT2D eigenvalue weighted by molar-refractivity contribution is -0.130. The summed E-state index contributed by atoms with van der Waals surface area (Å²) in [5.74, 6) is -0.137. The molecule has 0 spiro atoms. The summed E-state index contributed by atoms with van der Waals surface area (Å²) in [6, 6.07) is 8.53. The molecule has 2 rings (SSSR count). The summed E-state index contributed by atoms with van der Waals surface area (Å²) in [7, 11) is 0. The van der Waals surface area contributed by atoms with Crippen molar-refractivity contribution >= 4 is 11.8 Å². The van der Waals surface area contributed by atoms with E-state index in [4.69, 9.17) is 5.73 Å². The first kappa shape index (κ1) is 14.5. The average molecular weight is 275 g/mol. The van der Waals surface area contributed by atoms with E-state index in [2.05, 4.69) is 5.32 Å². The molecular weight excluding hydrogens is 254 g/mol. The van der Waals surface area contributed by atoms with Gasteiger partial charge in [0.1, 0.15) is 6.04 Å². The van der Waals surface area contributed by atoms with E-state index in [0.29, 0.717) is 13.0 Å². The molecule has 5 nitrogen and oxygen atoms in total. The monoisotopic (exact) mass is 275 g/mol. The van der Waals surface area contributed by atoms with Crippen LogP contribution in [0.4, 0.5) is 0 Å². The summed E-state index contributed by atoms with van der Waals surface area (Å²) in [6.45, 7) is 2.03. The maximum atomic E-state index is 11.9. The number of carbonyl (C=O) groups is 2. The molecule has 0 aliphatic carbocycles. The topological polar surface area (TPSA) is 75.4 Å². The summed E-state index contributed by atoms with van der Waals surface area (Å²) in [5.41, 5.74) is 6.64. The fourth-order valence-electron chi connectivity index (χ4n) is 2.34. The zero-order chi connectivity index (χ0) is 14.4. The number of benzene rings is 1. The number of hydrogen-bond acceptors (Lipinski definition) is 3. The molecule has 1 saturated heterocycles. The van der Waals surface area contributed by atoms with Gasteiger partial charge in [-0.2, -0.15) is 0 Å². The van der Waals surface area contributed by atoms with Gasteiger partial charge < -0.3 is 16.0 Å². The van der Waals surface area contributed by atoms with Crippen molar-refractivity contribution in [3.8, 4) is 0 Å². The number of rotatable bonds is 5. The molecule has 3 N–H and O–H groups in total. The lowest BCUT2D eigenvalue weighted by Gasteiger charge is -2.16. The Labute approximate surface area is 119 Å². The molecule has 1 atom stereocenters. The highest BCUT2D eigenvalue weighted by atomic mass is 16.2. The van der Waals surface area contributed by atoms with Crippen LogP contribution in [0.5, 0.6) is 0 Å². The van der Waals surface area contributed by atoms with Gasteiger partial charge in [0.05, 0.1) is 0 Å². The van der Waals surface area contributed by atoms with Crippen LogP contribution in [0.3, 0.4) is 0 Å². The summed E-state index contributed by atoms with van der Waals surface area (Å²) < 4.78 is 0. The van der Waals surface area contributed by atoms with Crippen LogP contribution < -0.4 is 11.1 Å². The van der Waals surface area contributed by atoms with Gasteiger partial charge in [0, 0.05) is 26.1 Å². The summed E-state index contributed by atoms with van der Waals surface area (Å²) in [4.78, 5) is 25.5. The lowest BCUT2D eigenvalue weighted by atomic mass is 10.1. The van der Waals surface area contributed by atoms with Gasteiger partial charge in [0.25, 0.3) is 0 Å². The van der Waals surface area contributed by atoms with Crippen molar-refractivity contribution in [3.63, 3.8) is 0 Å². The zero-order valence-corrected chi connectivity index (χ0v) is 11.5. The fourth-order valence-corrected chi connectivity index (χ4v) is 2.34. The predicted molar refractivity (Wildman–Crippen MR) is 76.8 cm³/mol. The number of hydrogen-bond donors (Lipinski definition) is 2. The number of likely N-dealkylation sites (tertiary alicyclic amines) is 1. The van der Waals surface area contributed by atoms with Crippen molar-refractivity contribution in [1.82, 2.24) is 10.2 Å². The Bertz CT molecular complexity index is 455. The molecule has 1 aliphatic rings. The van der Waals surface area contributed by atoms with Gasteiger partial charge in [0.2, 0.25) is 11.8 Å². The van der Waals surface area contributed by atoms with Crippen LogP contribution in [-0.2, 0) is 9.59 Å². The minimum Gasteiger partial charge on any atom is -0.354 e. The van der Waals surface area contributed by atoms with E-state index in [9.17, 15) is 9.59 Å². The van der Waals surface area contributed by atoms with Crippen molar-refractivity contribution < 1.29 is 9.59 Å². The van der Waals surface area contributed by atoms with Gasteiger partial charge in [-0.3, -0.25) is 9.59 Å². The Morgan fingerprint density at radius 1 is 1.20 bits per heavy atom. The van der Waals surface area contributed by atoms with Crippen LogP contribution in [-0.4, -0.2) is 36.3 Å². The minimum atomic E-state index is -0.682. The maximum absolute atomic E-state index is 11.9. The van der Waals surface area contributed by atoms with Gasteiger partial charge in [-0.25, -0.2) is 0 Å². The second-order valence-electron chi connectivity index (χ2n) is 5.02. The molecule has 0 unspecified atom stereocenters. The van der Waals surface area contributed by atoms with E-state index >= 15 is 0 Å². The molecule has 1 aromatic rings. The maximum Gasteiger partial charge on any atom is 0.241 e. The minimum absolute atomic E-state index is 0.107. The van der Waals surface area contributed by atoms with E-state index < -0.39 is 6.04 Å². The number of nitrogens with two attached hydrogens (primary N) is 1. The summed E-state index contributed by atoms with van der Waals surface area (Å²) >= 11 is 0. The van der Waals surface area contributed by atoms with Crippen molar-refractivity contribution in [2.24, 2.45) is 5.73 Å². The van der Waals surface area contributed by atoms with Crippen molar-refractivity contribution in [3.05, 3.63) is 35.9 Å². The first-order chi connectivity index (χ1) is 9.68. The SMILES string of the molecule is N[C@H](C(=O)NCCC(=O)N1CCCC1)c1ccccc1. The van der Waals surface area contributed by atoms with Gasteiger partial charge in [0.15, 0.2) is 0 Å². The first-order valence-electron chi connectivity index (χ1n) is 7.04. The molecule has 2 amide bonds. The molecule has 1 aliphatic heterocycles. The van der Waals surface area contributed by atoms with Gasteiger partial charge in [-0.05, 0) is 18.4 Å². The number of carbonyl (C=O) groups excluding carboxylic acids is 2. The third kappa shape index (κ3) is 3.81. The van der Waals surface area contributed by atoms with Crippen LogP contribution in [0.15, 0.2) is 30.3 Å². The molecule has 1 heterocycles. The molecule has 1 aromatic carbocycles. The van der Waals surface area contributed by atoms with Crippen molar-refractivity contribution in [2.75, 3.05) is 19.6 Å². The van der Waals surface area contributed by atoms with E-state index in [1.165, 1.54) is 0 Å². The molecule has 5 heteroatoms. The normalized spacial score (nSPS) is 15.9. The highest BCUT2D eigenvalue weighted by Gasteiger charge is 2.19. The molecule has 0 saturated carbocycles. The van der Waals surface area contributed by atoms with Crippen LogP contribution in [0.1, 0.15) is 30.9 Å². The highest BCUT2D eigenvalue weighted by molar-refractivity contribution is 5.83. The smallest absolute Gasteiger partial charge is 0.241 e. The van der Waals surface area contributed by atoms with Crippen molar-refractivity contribution in [2.45, 2.75) is 25.3 Å². The average Bonchev–Trinajstić information content (AvgIpc) is 3.01. The van der Waals surface area contributed by atoms with Crippen LogP contribution >= 0.6 is 0 Å². The quantitative estimate of drug-likeness (QED) is 0.835.